The summed E-state index contributed by atoms with van der Waals surface area (Å²) in [6.07, 6.45) is 3.67. The first-order valence-corrected chi connectivity index (χ1v) is 11.1. The lowest BCUT2D eigenvalue weighted by Crippen LogP contribution is -2.42. The SMILES string of the molecule is Cc1ccc(-c2c(C3=CC(F)=C(C#N)C(C)C3)cc(N3CCC(N)CC3)c(=O)n2C)cc1. The molecule has 0 saturated carbocycles. The van der Waals surface area contributed by atoms with Crippen molar-refractivity contribution in [3.8, 4) is 17.3 Å². The van der Waals surface area contributed by atoms with E-state index in [1.54, 1.807) is 11.6 Å². The highest BCUT2D eigenvalue weighted by Crippen LogP contribution is 2.39. The van der Waals surface area contributed by atoms with E-state index in [1.807, 2.05) is 50.2 Å². The number of hydrogen-bond donors (Lipinski definition) is 1. The van der Waals surface area contributed by atoms with Gasteiger partial charge in [-0.25, -0.2) is 4.39 Å². The summed E-state index contributed by atoms with van der Waals surface area (Å²) in [7, 11) is 1.78. The van der Waals surface area contributed by atoms with Crippen LogP contribution in [-0.2, 0) is 7.05 Å². The zero-order valence-corrected chi connectivity index (χ0v) is 18.9. The number of anilines is 1. The Morgan fingerprint density at radius 1 is 1.19 bits per heavy atom. The van der Waals surface area contributed by atoms with Crippen LogP contribution in [-0.4, -0.2) is 23.7 Å². The second-order valence-corrected chi connectivity index (χ2v) is 8.99. The van der Waals surface area contributed by atoms with Crippen molar-refractivity contribution in [2.75, 3.05) is 18.0 Å². The van der Waals surface area contributed by atoms with Crippen molar-refractivity contribution in [1.82, 2.24) is 4.57 Å². The molecule has 1 atom stereocenters. The first kappa shape index (κ1) is 22.0. The van der Waals surface area contributed by atoms with E-state index >= 15 is 0 Å². The van der Waals surface area contributed by atoms with Crippen molar-refractivity contribution >= 4 is 11.3 Å². The maximum atomic E-state index is 14.8. The number of nitrogens with zero attached hydrogens (tertiary/aromatic N) is 3. The van der Waals surface area contributed by atoms with Gasteiger partial charge in [-0.1, -0.05) is 36.8 Å². The highest BCUT2D eigenvalue weighted by atomic mass is 19.1. The summed E-state index contributed by atoms with van der Waals surface area (Å²) in [5.41, 5.74) is 11.2. The van der Waals surface area contributed by atoms with Crippen molar-refractivity contribution < 1.29 is 4.39 Å². The molecule has 1 aromatic heterocycles. The molecule has 1 aromatic carbocycles. The van der Waals surface area contributed by atoms with Crippen molar-refractivity contribution in [2.24, 2.45) is 18.7 Å². The summed E-state index contributed by atoms with van der Waals surface area (Å²) in [6, 6.07) is 12.1. The van der Waals surface area contributed by atoms with Gasteiger partial charge in [0.2, 0.25) is 0 Å². The van der Waals surface area contributed by atoms with E-state index in [4.69, 9.17) is 5.73 Å². The number of halogens is 1. The van der Waals surface area contributed by atoms with Crippen LogP contribution >= 0.6 is 0 Å². The minimum absolute atomic E-state index is 0.0713. The van der Waals surface area contributed by atoms with Crippen LogP contribution in [0.2, 0.25) is 0 Å². The topological polar surface area (TPSA) is 75.1 Å². The lowest BCUT2D eigenvalue weighted by atomic mass is 9.84. The molecule has 1 fully saturated rings. The maximum Gasteiger partial charge on any atom is 0.274 e. The van der Waals surface area contributed by atoms with Gasteiger partial charge in [-0.05, 0) is 55.4 Å². The van der Waals surface area contributed by atoms with Crippen LogP contribution in [0.15, 0.2) is 52.6 Å². The molecular weight excluding hydrogens is 403 g/mol. The van der Waals surface area contributed by atoms with Gasteiger partial charge in [0.25, 0.3) is 5.56 Å². The average molecular weight is 433 g/mol. The first-order chi connectivity index (χ1) is 15.3. The van der Waals surface area contributed by atoms with Crippen molar-refractivity contribution in [3.63, 3.8) is 0 Å². The smallest absolute Gasteiger partial charge is 0.274 e. The summed E-state index contributed by atoms with van der Waals surface area (Å²) in [4.78, 5) is 15.5. The molecule has 2 aliphatic rings. The summed E-state index contributed by atoms with van der Waals surface area (Å²) < 4.78 is 16.5. The fraction of sp³-hybridized carbons (Fsp3) is 0.385. The average Bonchev–Trinajstić information content (AvgIpc) is 2.77. The normalized spacial score (nSPS) is 19.7. The standard InChI is InChI=1S/C26H29FN4O/c1-16-4-6-18(7-5-16)25-21(19-12-17(2)22(15-28)23(27)13-19)14-24(26(32)30(25)3)31-10-8-20(29)9-11-31/h4-7,13-14,17,20H,8-12,29H2,1-3H3. The van der Waals surface area contributed by atoms with E-state index in [0.29, 0.717) is 12.1 Å². The Bertz CT molecular complexity index is 1190. The van der Waals surface area contributed by atoms with Gasteiger partial charge in [0.05, 0.1) is 17.3 Å². The fourth-order valence-electron chi connectivity index (χ4n) is 4.70. The second kappa shape index (κ2) is 8.76. The Hall–Kier alpha value is -3.17. The lowest BCUT2D eigenvalue weighted by Gasteiger charge is -2.33. The molecule has 2 aromatic rings. The molecular formula is C26H29FN4O. The molecule has 1 unspecified atom stereocenters. The van der Waals surface area contributed by atoms with Gasteiger partial charge >= 0.3 is 0 Å². The maximum absolute atomic E-state index is 14.8. The minimum atomic E-state index is -0.490. The van der Waals surface area contributed by atoms with Crippen molar-refractivity contribution in [3.05, 3.63) is 69.3 Å². The number of nitriles is 1. The number of aromatic nitrogens is 1. The van der Waals surface area contributed by atoms with E-state index in [2.05, 4.69) is 4.90 Å². The molecule has 0 radical (unpaired) electrons. The number of hydrogen-bond acceptors (Lipinski definition) is 4. The molecule has 2 heterocycles. The van der Waals surface area contributed by atoms with Crippen LogP contribution in [0.5, 0.6) is 0 Å². The number of allylic oxidation sites excluding steroid dienone is 4. The highest BCUT2D eigenvalue weighted by molar-refractivity contribution is 5.83. The van der Waals surface area contributed by atoms with Crippen LogP contribution in [0.3, 0.4) is 0 Å². The minimum Gasteiger partial charge on any atom is -0.367 e. The molecule has 4 rings (SSSR count). The number of piperidine rings is 1. The van der Waals surface area contributed by atoms with Crippen LogP contribution in [0, 0.1) is 24.2 Å². The van der Waals surface area contributed by atoms with Gasteiger partial charge in [-0.15, -0.1) is 0 Å². The van der Waals surface area contributed by atoms with E-state index in [1.165, 1.54) is 6.08 Å². The number of pyridine rings is 1. The molecule has 5 nitrogen and oxygen atoms in total. The number of benzene rings is 1. The highest BCUT2D eigenvalue weighted by Gasteiger charge is 2.27. The molecule has 6 heteroatoms. The quantitative estimate of drug-likeness (QED) is 0.777. The summed E-state index contributed by atoms with van der Waals surface area (Å²) in [5, 5.41) is 9.32. The molecule has 32 heavy (non-hydrogen) atoms. The Balaban J connectivity index is 1.93. The van der Waals surface area contributed by atoms with E-state index < -0.39 is 5.83 Å². The number of aryl methyl sites for hydroxylation is 1. The van der Waals surface area contributed by atoms with Gasteiger partial charge < -0.3 is 15.2 Å². The second-order valence-electron chi connectivity index (χ2n) is 8.99. The molecule has 0 bridgehead atoms. The predicted octanol–water partition coefficient (Wildman–Crippen LogP) is 4.46. The third kappa shape index (κ3) is 4.01. The van der Waals surface area contributed by atoms with Crippen LogP contribution in [0.1, 0.15) is 37.3 Å². The first-order valence-electron chi connectivity index (χ1n) is 11.1. The Morgan fingerprint density at radius 2 is 1.84 bits per heavy atom. The molecule has 2 N–H and O–H groups in total. The summed E-state index contributed by atoms with van der Waals surface area (Å²) in [6.45, 7) is 5.33. The Labute approximate surface area is 188 Å². The predicted molar refractivity (Wildman–Crippen MR) is 127 cm³/mol. The van der Waals surface area contributed by atoms with E-state index in [0.717, 1.165) is 53.9 Å². The molecule has 1 aliphatic carbocycles. The van der Waals surface area contributed by atoms with Gasteiger partial charge in [-0.2, -0.15) is 5.26 Å². The molecule has 166 valence electrons. The van der Waals surface area contributed by atoms with E-state index in [-0.39, 0.29) is 23.1 Å². The zero-order chi connectivity index (χ0) is 23.0. The summed E-state index contributed by atoms with van der Waals surface area (Å²) in [5.74, 6) is -0.713. The molecule has 0 spiro atoms. The number of rotatable bonds is 3. The van der Waals surface area contributed by atoms with Gasteiger partial charge in [-0.3, -0.25) is 4.79 Å². The van der Waals surface area contributed by atoms with E-state index in [9.17, 15) is 14.4 Å². The molecule has 0 amide bonds. The largest absolute Gasteiger partial charge is 0.367 e. The molecule has 1 saturated heterocycles. The van der Waals surface area contributed by atoms with Crippen molar-refractivity contribution in [2.45, 2.75) is 39.2 Å². The molecule has 1 aliphatic heterocycles. The lowest BCUT2D eigenvalue weighted by molar-refractivity contribution is 0.499. The van der Waals surface area contributed by atoms with Crippen LogP contribution in [0.4, 0.5) is 10.1 Å². The zero-order valence-electron chi connectivity index (χ0n) is 18.9. The Morgan fingerprint density at radius 3 is 2.44 bits per heavy atom. The van der Waals surface area contributed by atoms with Gasteiger partial charge in [0, 0.05) is 31.7 Å². The fourth-order valence-corrected chi connectivity index (χ4v) is 4.70. The summed E-state index contributed by atoms with van der Waals surface area (Å²) >= 11 is 0. The Kier molecular flexibility index (Phi) is 6.03. The third-order valence-electron chi connectivity index (χ3n) is 6.64. The van der Waals surface area contributed by atoms with Crippen LogP contribution < -0.4 is 16.2 Å². The van der Waals surface area contributed by atoms with Crippen molar-refractivity contribution in [1.29, 1.82) is 5.26 Å². The monoisotopic (exact) mass is 432 g/mol. The number of nitrogens with two attached hydrogens (primary N) is 1. The van der Waals surface area contributed by atoms with Crippen LogP contribution in [0.25, 0.3) is 16.8 Å². The third-order valence-corrected chi connectivity index (χ3v) is 6.64. The van der Waals surface area contributed by atoms with Gasteiger partial charge in [0.15, 0.2) is 0 Å². The van der Waals surface area contributed by atoms with Gasteiger partial charge in [0.1, 0.15) is 11.5 Å².